The van der Waals surface area contributed by atoms with Gasteiger partial charge in [0.1, 0.15) is 0 Å². The van der Waals surface area contributed by atoms with Gasteiger partial charge in [0.05, 0.1) is 18.2 Å². The summed E-state index contributed by atoms with van der Waals surface area (Å²) in [5.74, 6) is -1.34. The van der Waals surface area contributed by atoms with E-state index in [1.807, 2.05) is 0 Å². The van der Waals surface area contributed by atoms with Gasteiger partial charge in [0.2, 0.25) is 0 Å². The maximum atomic E-state index is 12.3. The van der Waals surface area contributed by atoms with Crippen molar-refractivity contribution >= 4 is 11.7 Å². The molecule has 0 radical (unpaired) electrons. The third-order valence-corrected chi connectivity index (χ3v) is 3.72. The van der Waals surface area contributed by atoms with Crippen LogP contribution in [0.1, 0.15) is 24.9 Å². The van der Waals surface area contributed by atoms with E-state index in [1.165, 1.54) is 11.8 Å². The van der Waals surface area contributed by atoms with Crippen molar-refractivity contribution in [1.29, 1.82) is 0 Å². The van der Waals surface area contributed by atoms with E-state index in [2.05, 4.69) is 10.3 Å². The summed E-state index contributed by atoms with van der Waals surface area (Å²) in [7, 11) is 0. The topological polar surface area (TPSA) is 103 Å². The SMILES string of the molecule is CC(=O)C1=C(O)C(=O)N(CCCNCCO)[C@@H]1c1cccnc1. The molecule has 1 atom stereocenters. The number of carbonyl (C=O) groups excluding carboxylic acids is 2. The van der Waals surface area contributed by atoms with Gasteiger partial charge in [0.25, 0.3) is 5.91 Å². The van der Waals surface area contributed by atoms with E-state index >= 15 is 0 Å². The number of aliphatic hydroxyl groups excluding tert-OH is 2. The predicted octanol–water partition coefficient (Wildman–Crippen LogP) is 0.338. The molecule has 2 heterocycles. The van der Waals surface area contributed by atoms with Gasteiger partial charge in [-0.15, -0.1) is 0 Å². The highest BCUT2D eigenvalue weighted by Crippen LogP contribution is 2.37. The summed E-state index contributed by atoms with van der Waals surface area (Å²) in [6.45, 7) is 2.90. The molecule has 0 saturated carbocycles. The molecule has 1 aromatic rings. The number of aliphatic hydroxyl groups is 2. The van der Waals surface area contributed by atoms with Crippen LogP contribution in [-0.4, -0.2) is 58.0 Å². The Labute approximate surface area is 134 Å². The molecule has 2 rings (SSSR count). The fraction of sp³-hybridized carbons (Fsp3) is 0.438. The predicted molar refractivity (Wildman–Crippen MR) is 83.6 cm³/mol. The van der Waals surface area contributed by atoms with Crippen LogP contribution in [0.2, 0.25) is 0 Å². The zero-order chi connectivity index (χ0) is 16.8. The highest BCUT2D eigenvalue weighted by Gasteiger charge is 2.41. The van der Waals surface area contributed by atoms with Crippen molar-refractivity contribution in [2.45, 2.75) is 19.4 Å². The lowest BCUT2D eigenvalue weighted by atomic mass is 9.98. The quantitative estimate of drug-likeness (QED) is 0.597. The van der Waals surface area contributed by atoms with Crippen molar-refractivity contribution < 1.29 is 19.8 Å². The van der Waals surface area contributed by atoms with Crippen LogP contribution in [0.5, 0.6) is 0 Å². The zero-order valence-corrected chi connectivity index (χ0v) is 13.0. The first-order chi connectivity index (χ1) is 11.1. The first-order valence-electron chi connectivity index (χ1n) is 7.54. The number of hydrogen-bond donors (Lipinski definition) is 3. The van der Waals surface area contributed by atoms with Crippen LogP contribution in [0.3, 0.4) is 0 Å². The van der Waals surface area contributed by atoms with Crippen molar-refractivity contribution in [3.8, 4) is 0 Å². The van der Waals surface area contributed by atoms with Gasteiger partial charge >= 0.3 is 0 Å². The largest absolute Gasteiger partial charge is 0.503 e. The molecule has 7 heteroatoms. The minimum atomic E-state index is -0.605. The third kappa shape index (κ3) is 3.75. The lowest BCUT2D eigenvalue weighted by Crippen LogP contribution is -2.33. The minimum absolute atomic E-state index is 0.0534. The molecule has 1 amide bonds. The molecule has 1 aliphatic rings. The Morgan fingerprint density at radius 1 is 1.43 bits per heavy atom. The summed E-state index contributed by atoms with van der Waals surface area (Å²) in [5.41, 5.74) is 0.810. The van der Waals surface area contributed by atoms with Gasteiger partial charge in [-0.2, -0.15) is 0 Å². The van der Waals surface area contributed by atoms with Gasteiger partial charge in [-0.05, 0) is 31.5 Å². The zero-order valence-electron chi connectivity index (χ0n) is 13.0. The van der Waals surface area contributed by atoms with Gasteiger partial charge in [-0.1, -0.05) is 6.07 Å². The number of carbonyl (C=O) groups is 2. The number of hydrogen-bond acceptors (Lipinski definition) is 6. The van der Waals surface area contributed by atoms with Crippen LogP contribution in [0, 0.1) is 0 Å². The fourth-order valence-corrected chi connectivity index (χ4v) is 2.71. The van der Waals surface area contributed by atoms with Gasteiger partial charge in [-0.3, -0.25) is 14.6 Å². The van der Waals surface area contributed by atoms with Crippen LogP contribution in [0.15, 0.2) is 35.9 Å². The van der Waals surface area contributed by atoms with Gasteiger partial charge in [-0.25, -0.2) is 0 Å². The van der Waals surface area contributed by atoms with E-state index in [-0.39, 0.29) is 18.0 Å². The average molecular weight is 319 g/mol. The van der Waals surface area contributed by atoms with Crippen molar-refractivity contribution in [3.63, 3.8) is 0 Å². The Morgan fingerprint density at radius 2 is 2.22 bits per heavy atom. The first kappa shape index (κ1) is 17.1. The number of nitrogens with one attached hydrogen (secondary N) is 1. The normalized spacial score (nSPS) is 17.9. The van der Waals surface area contributed by atoms with Crippen LogP contribution >= 0.6 is 0 Å². The lowest BCUT2D eigenvalue weighted by Gasteiger charge is -2.26. The maximum absolute atomic E-state index is 12.3. The number of nitrogens with zero attached hydrogens (tertiary/aromatic N) is 2. The standard InChI is InChI=1S/C16H21N3O4/c1-11(21)13-14(12-4-2-5-18-10-12)19(16(23)15(13)22)8-3-6-17-7-9-20/h2,4-5,10,14,17,20,22H,3,6-9H2,1H3/t14-/m1/s1. The molecule has 0 aliphatic carbocycles. The second-order valence-electron chi connectivity index (χ2n) is 5.33. The molecular weight excluding hydrogens is 298 g/mol. The second-order valence-corrected chi connectivity index (χ2v) is 5.33. The van der Waals surface area contributed by atoms with E-state index in [1.54, 1.807) is 24.5 Å². The number of ketones is 1. The molecule has 0 saturated heterocycles. The van der Waals surface area contributed by atoms with Crippen LogP contribution in [0.25, 0.3) is 0 Å². The molecule has 0 spiro atoms. The van der Waals surface area contributed by atoms with E-state index in [0.29, 0.717) is 31.6 Å². The molecule has 0 fully saturated rings. The van der Waals surface area contributed by atoms with Gasteiger partial charge in [0, 0.05) is 25.5 Å². The smallest absolute Gasteiger partial charge is 0.290 e. The van der Waals surface area contributed by atoms with Crippen LogP contribution in [-0.2, 0) is 9.59 Å². The monoisotopic (exact) mass is 319 g/mol. The molecule has 7 nitrogen and oxygen atoms in total. The van der Waals surface area contributed by atoms with E-state index in [9.17, 15) is 14.7 Å². The van der Waals surface area contributed by atoms with Crippen molar-refractivity contribution in [2.75, 3.05) is 26.2 Å². The van der Waals surface area contributed by atoms with E-state index < -0.39 is 17.7 Å². The Kier molecular flexibility index (Phi) is 5.84. The molecule has 1 aliphatic heterocycles. The van der Waals surface area contributed by atoms with Crippen molar-refractivity contribution in [2.24, 2.45) is 0 Å². The average Bonchev–Trinajstić information content (AvgIpc) is 2.80. The number of pyridine rings is 1. The van der Waals surface area contributed by atoms with Crippen LogP contribution < -0.4 is 5.32 Å². The molecule has 0 unspecified atom stereocenters. The summed E-state index contributed by atoms with van der Waals surface area (Å²) < 4.78 is 0. The Morgan fingerprint density at radius 3 is 2.83 bits per heavy atom. The second kappa shape index (κ2) is 7.85. The molecule has 0 bridgehead atoms. The summed E-state index contributed by atoms with van der Waals surface area (Å²) in [5, 5.41) is 21.8. The van der Waals surface area contributed by atoms with Gasteiger partial charge < -0.3 is 20.4 Å². The highest BCUT2D eigenvalue weighted by molar-refractivity contribution is 6.08. The lowest BCUT2D eigenvalue weighted by molar-refractivity contribution is -0.129. The van der Waals surface area contributed by atoms with E-state index in [4.69, 9.17) is 5.11 Å². The number of amides is 1. The van der Waals surface area contributed by atoms with Gasteiger partial charge in [0.15, 0.2) is 11.5 Å². The minimum Gasteiger partial charge on any atom is -0.503 e. The molecule has 0 aromatic carbocycles. The Hall–Kier alpha value is -2.25. The summed E-state index contributed by atoms with van der Waals surface area (Å²) in [6.07, 6.45) is 3.85. The molecule has 124 valence electrons. The molecular formula is C16H21N3O4. The third-order valence-electron chi connectivity index (χ3n) is 3.72. The maximum Gasteiger partial charge on any atom is 0.290 e. The molecule has 3 N–H and O–H groups in total. The summed E-state index contributed by atoms with van der Waals surface area (Å²) in [4.78, 5) is 29.7. The highest BCUT2D eigenvalue weighted by atomic mass is 16.3. The molecule has 23 heavy (non-hydrogen) atoms. The van der Waals surface area contributed by atoms with E-state index in [0.717, 1.165) is 0 Å². The Bertz CT molecular complexity index is 601. The summed E-state index contributed by atoms with van der Waals surface area (Å²) >= 11 is 0. The summed E-state index contributed by atoms with van der Waals surface area (Å²) in [6, 6.07) is 2.91. The molecule has 1 aromatic heterocycles. The fourth-order valence-electron chi connectivity index (χ4n) is 2.71. The Balaban J connectivity index is 2.19. The first-order valence-corrected chi connectivity index (χ1v) is 7.54. The van der Waals surface area contributed by atoms with Crippen molar-refractivity contribution in [3.05, 3.63) is 41.4 Å². The number of rotatable bonds is 8. The van der Waals surface area contributed by atoms with Crippen molar-refractivity contribution in [1.82, 2.24) is 15.2 Å². The number of Topliss-reactive ketones (excluding diaryl/α,β-unsaturated/α-hetero) is 1. The van der Waals surface area contributed by atoms with Crippen LogP contribution in [0.4, 0.5) is 0 Å². The number of aromatic nitrogens is 1.